The number of nitrogens with two attached hydrogens (primary N) is 1. The first-order valence-electron chi connectivity index (χ1n) is 6.06. The Hall–Kier alpha value is -0.630. The molecule has 1 saturated heterocycles. The molecule has 1 aliphatic rings. The van der Waals surface area contributed by atoms with Gasteiger partial charge in [-0.25, -0.2) is 8.42 Å². The van der Waals surface area contributed by atoms with Gasteiger partial charge in [0.25, 0.3) is 0 Å². The Morgan fingerprint density at radius 1 is 1.53 bits per heavy atom. The molecule has 2 N–H and O–H groups in total. The van der Waals surface area contributed by atoms with Crippen LogP contribution in [0.4, 0.5) is 0 Å². The summed E-state index contributed by atoms with van der Waals surface area (Å²) in [5, 5.41) is 0. The first-order chi connectivity index (χ1) is 9.00. The van der Waals surface area contributed by atoms with Crippen molar-refractivity contribution in [3.63, 3.8) is 0 Å². The van der Waals surface area contributed by atoms with Gasteiger partial charge in [0, 0.05) is 29.7 Å². The van der Waals surface area contributed by atoms with Gasteiger partial charge in [0.2, 0.25) is 10.0 Å². The molecular formula is C12H17BrN2O3S. The van der Waals surface area contributed by atoms with Crippen molar-refractivity contribution >= 4 is 26.0 Å². The maximum atomic E-state index is 12.7. The van der Waals surface area contributed by atoms with Gasteiger partial charge < -0.3 is 10.5 Å². The Labute approximate surface area is 121 Å². The van der Waals surface area contributed by atoms with Crippen molar-refractivity contribution in [1.29, 1.82) is 0 Å². The Morgan fingerprint density at radius 2 is 2.26 bits per heavy atom. The minimum Gasteiger partial charge on any atom is -0.497 e. The molecular weight excluding hydrogens is 332 g/mol. The summed E-state index contributed by atoms with van der Waals surface area (Å²) in [5.41, 5.74) is 5.65. The van der Waals surface area contributed by atoms with Crippen LogP contribution in [0, 0.1) is 0 Å². The lowest BCUT2D eigenvalue weighted by molar-refractivity contribution is 0.391. The minimum absolute atomic E-state index is 0.108. The highest BCUT2D eigenvalue weighted by Crippen LogP contribution is 2.32. The topological polar surface area (TPSA) is 72.6 Å². The first kappa shape index (κ1) is 14.8. The van der Waals surface area contributed by atoms with E-state index in [1.807, 2.05) is 0 Å². The highest BCUT2D eigenvalue weighted by molar-refractivity contribution is 9.10. The largest absolute Gasteiger partial charge is 0.497 e. The third kappa shape index (κ3) is 2.79. The zero-order valence-corrected chi connectivity index (χ0v) is 13.1. The number of nitrogens with zero attached hydrogens (tertiary/aromatic N) is 1. The van der Waals surface area contributed by atoms with Crippen LogP contribution >= 0.6 is 15.9 Å². The molecule has 106 valence electrons. The van der Waals surface area contributed by atoms with Crippen molar-refractivity contribution < 1.29 is 13.2 Å². The normalized spacial score (nSPS) is 20.7. The lowest BCUT2D eigenvalue weighted by Crippen LogP contribution is -2.39. The molecule has 19 heavy (non-hydrogen) atoms. The van der Waals surface area contributed by atoms with E-state index < -0.39 is 10.0 Å². The summed E-state index contributed by atoms with van der Waals surface area (Å²) in [4.78, 5) is 0.229. The minimum atomic E-state index is -3.54. The van der Waals surface area contributed by atoms with E-state index in [4.69, 9.17) is 10.5 Å². The average Bonchev–Trinajstić information content (AvgIpc) is 2.88. The number of halogens is 1. The number of methoxy groups -OCH3 is 1. The zero-order chi connectivity index (χ0) is 14.0. The van der Waals surface area contributed by atoms with E-state index >= 15 is 0 Å². The Morgan fingerprint density at radius 3 is 2.89 bits per heavy atom. The highest BCUT2D eigenvalue weighted by Gasteiger charge is 2.35. The van der Waals surface area contributed by atoms with Crippen molar-refractivity contribution in [3.05, 3.63) is 22.7 Å². The molecule has 0 amide bonds. The predicted molar refractivity (Wildman–Crippen MR) is 76.7 cm³/mol. The summed E-state index contributed by atoms with van der Waals surface area (Å²) in [6.45, 7) is 0.870. The number of benzene rings is 1. The second-order valence-electron chi connectivity index (χ2n) is 4.44. The van der Waals surface area contributed by atoms with Crippen LogP contribution in [0.2, 0.25) is 0 Å². The predicted octanol–water partition coefficient (Wildman–Crippen LogP) is 1.57. The van der Waals surface area contributed by atoms with Crippen LogP contribution in [0.3, 0.4) is 0 Å². The molecule has 0 aromatic heterocycles. The summed E-state index contributed by atoms with van der Waals surface area (Å²) < 4.78 is 32.5. The van der Waals surface area contributed by atoms with Gasteiger partial charge in [0.15, 0.2) is 0 Å². The molecule has 0 bridgehead atoms. The van der Waals surface area contributed by atoms with E-state index in [9.17, 15) is 8.42 Å². The van der Waals surface area contributed by atoms with Crippen molar-refractivity contribution in [2.45, 2.75) is 23.8 Å². The van der Waals surface area contributed by atoms with Gasteiger partial charge in [-0.2, -0.15) is 4.31 Å². The van der Waals surface area contributed by atoms with Gasteiger partial charge in [-0.05, 0) is 40.9 Å². The number of ether oxygens (including phenoxy) is 1. The van der Waals surface area contributed by atoms with Crippen LogP contribution < -0.4 is 10.5 Å². The van der Waals surface area contributed by atoms with Crippen LogP contribution in [0.25, 0.3) is 0 Å². The monoisotopic (exact) mass is 348 g/mol. The highest BCUT2D eigenvalue weighted by atomic mass is 79.9. The lowest BCUT2D eigenvalue weighted by atomic mass is 10.2. The van der Waals surface area contributed by atoms with Crippen LogP contribution in [0.1, 0.15) is 12.8 Å². The van der Waals surface area contributed by atoms with E-state index in [1.54, 1.807) is 12.1 Å². The average molecular weight is 349 g/mol. The molecule has 0 aliphatic carbocycles. The second kappa shape index (κ2) is 5.78. The smallest absolute Gasteiger partial charge is 0.244 e. The summed E-state index contributed by atoms with van der Waals surface area (Å²) >= 11 is 3.29. The Bertz CT molecular complexity index is 562. The summed E-state index contributed by atoms with van der Waals surface area (Å²) in [6, 6.07) is 4.82. The van der Waals surface area contributed by atoms with Gasteiger partial charge in [0.1, 0.15) is 10.6 Å². The van der Waals surface area contributed by atoms with E-state index in [0.717, 1.165) is 12.8 Å². The van der Waals surface area contributed by atoms with E-state index in [1.165, 1.54) is 17.5 Å². The standard InChI is InChI=1S/C12H17BrN2O3S/c1-18-10-4-5-11(13)12(7-10)19(16,17)15-6-2-3-9(15)8-14/h4-5,7,9H,2-3,6,8,14H2,1H3. The lowest BCUT2D eigenvalue weighted by Gasteiger charge is -2.23. The number of rotatable bonds is 4. The van der Waals surface area contributed by atoms with Gasteiger partial charge in [0.05, 0.1) is 7.11 Å². The molecule has 7 heteroatoms. The molecule has 0 radical (unpaired) electrons. The first-order valence-corrected chi connectivity index (χ1v) is 8.29. The Balaban J connectivity index is 2.44. The molecule has 1 unspecified atom stereocenters. The van der Waals surface area contributed by atoms with Crippen molar-refractivity contribution in [2.75, 3.05) is 20.2 Å². The number of hydrogen-bond donors (Lipinski definition) is 1. The molecule has 1 aliphatic heterocycles. The summed E-state index contributed by atoms with van der Waals surface area (Å²) in [6.07, 6.45) is 1.67. The van der Waals surface area contributed by atoms with Crippen LogP contribution in [-0.2, 0) is 10.0 Å². The fourth-order valence-corrected chi connectivity index (χ4v) is 4.94. The SMILES string of the molecule is COc1ccc(Br)c(S(=O)(=O)N2CCCC2CN)c1. The molecule has 5 nitrogen and oxygen atoms in total. The molecule has 1 fully saturated rings. The Kier molecular flexibility index (Phi) is 4.50. The molecule has 0 spiro atoms. The van der Waals surface area contributed by atoms with E-state index in [-0.39, 0.29) is 10.9 Å². The van der Waals surface area contributed by atoms with Crippen molar-refractivity contribution in [1.82, 2.24) is 4.31 Å². The van der Waals surface area contributed by atoms with Crippen LogP contribution in [0.15, 0.2) is 27.6 Å². The number of sulfonamides is 1. The molecule has 1 aromatic carbocycles. The second-order valence-corrected chi connectivity index (χ2v) is 7.16. The third-order valence-corrected chi connectivity index (χ3v) is 6.27. The summed E-state index contributed by atoms with van der Waals surface area (Å²) in [5.74, 6) is 0.519. The fraction of sp³-hybridized carbons (Fsp3) is 0.500. The molecule has 1 aromatic rings. The van der Waals surface area contributed by atoms with Gasteiger partial charge >= 0.3 is 0 Å². The summed E-state index contributed by atoms with van der Waals surface area (Å²) in [7, 11) is -2.02. The third-order valence-electron chi connectivity index (χ3n) is 3.32. The maximum Gasteiger partial charge on any atom is 0.244 e. The zero-order valence-electron chi connectivity index (χ0n) is 10.7. The molecule has 1 heterocycles. The van der Waals surface area contributed by atoms with Crippen LogP contribution in [0.5, 0.6) is 5.75 Å². The van der Waals surface area contributed by atoms with Gasteiger partial charge in [-0.3, -0.25) is 0 Å². The molecule has 0 saturated carbocycles. The van der Waals surface area contributed by atoms with Crippen LogP contribution in [-0.4, -0.2) is 39.0 Å². The van der Waals surface area contributed by atoms with Crippen molar-refractivity contribution in [2.24, 2.45) is 5.73 Å². The quantitative estimate of drug-likeness (QED) is 0.896. The van der Waals surface area contributed by atoms with Crippen molar-refractivity contribution in [3.8, 4) is 5.75 Å². The van der Waals surface area contributed by atoms with E-state index in [0.29, 0.717) is 23.3 Å². The van der Waals surface area contributed by atoms with Gasteiger partial charge in [-0.15, -0.1) is 0 Å². The molecule has 2 rings (SSSR count). The van der Waals surface area contributed by atoms with Gasteiger partial charge in [-0.1, -0.05) is 0 Å². The fourth-order valence-electron chi connectivity index (χ4n) is 2.30. The maximum absolute atomic E-state index is 12.7. The molecule has 1 atom stereocenters. The number of hydrogen-bond acceptors (Lipinski definition) is 4. The van der Waals surface area contributed by atoms with E-state index in [2.05, 4.69) is 15.9 Å².